The number of hydrogen-bond donors (Lipinski definition) is 2. The average Bonchev–Trinajstić information content (AvgIpc) is 2.34. The molecule has 0 radical (unpaired) electrons. The van der Waals surface area contributed by atoms with Crippen LogP contribution in [0.4, 0.5) is 0 Å². The molecule has 0 atom stereocenters. The predicted octanol–water partition coefficient (Wildman–Crippen LogP) is 1.42. The molecule has 5 heteroatoms. The molecule has 1 saturated carbocycles. The van der Waals surface area contributed by atoms with Crippen LogP contribution in [0.25, 0.3) is 0 Å². The molecular formula is C13H23NO4. The van der Waals surface area contributed by atoms with Crippen molar-refractivity contribution in [2.75, 3.05) is 13.2 Å². The van der Waals surface area contributed by atoms with Crippen LogP contribution >= 0.6 is 0 Å². The first kappa shape index (κ1) is 15.0. The van der Waals surface area contributed by atoms with Crippen molar-refractivity contribution in [2.24, 2.45) is 11.8 Å². The van der Waals surface area contributed by atoms with Crippen molar-refractivity contribution >= 4 is 11.9 Å². The summed E-state index contributed by atoms with van der Waals surface area (Å²) in [7, 11) is 0. The molecular weight excluding hydrogens is 234 g/mol. The van der Waals surface area contributed by atoms with Gasteiger partial charge in [0.05, 0.1) is 18.6 Å². The Morgan fingerprint density at radius 2 is 1.78 bits per heavy atom. The number of hydrogen-bond acceptors (Lipinski definition) is 3. The normalized spacial score (nSPS) is 23.9. The van der Waals surface area contributed by atoms with E-state index in [1.54, 1.807) is 0 Å². The molecule has 0 aromatic carbocycles. The highest BCUT2D eigenvalue weighted by atomic mass is 16.5. The van der Waals surface area contributed by atoms with Crippen LogP contribution in [0.15, 0.2) is 0 Å². The number of rotatable bonds is 6. The molecule has 1 aliphatic rings. The van der Waals surface area contributed by atoms with Crippen LogP contribution in [0, 0.1) is 11.8 Å². The third kappa shape index (κ3) is 5.04. The maximum Gasteiger partial charge on any atom is 0.306 e. The summed E-state index contributed by atoms with van der Waals surface area (Å²) >= 11 is 0. The fraction of sp³-hybridized carbons (Fsp3) is 0.846. The Labute approximate surface area is 108 Å². The van der Waals surface area contributed by atoms with E-state index in [4.69, 9.17) is 9.84 Å². The van der Waals surface area contributed by atoms with E-state index in [-0.39, 0.29) is 23.8 Å². The predicted molar refractivity (Wildman–Crippen MR) is 67.2 cm³/mol. The lowest BCUT2D eigenvalue weighted by Gasteiger charge is -2.25. The molecule has 1 aliphatic carbocycles. The summed E-state index contributed by atoms with van der Waals surface area (Å²) in [5.74, 6) is -0.997. The lowest BCUT2D eigenvalue weighted by atomic mass is 9.81. The molecule has 0 heterocycles. The van der Waals surface area contributed by atoms with Crippen LogP contribution in [0.2, 0.25) is 0 Å². The molecule has 1 rings (SSSR count). The van der Waals surface area contributed by atoms with Gasteiger partial charge < -0.3 is 15.2 Å². The third-order valence-corrected chi connectivity index (χ3v) is 3.30. The number of ether oxygens (including phenoxy) is 1. The summed E-state index contributed by atoms with van der Waals surface area (Å²) in [6.45, 7) is 4.95. The first-order valence-electron chi connectivity index (χ1n) is 6.62. The van der Waals surface area contributed by atoms with Gasteiger partial charge in [0.2, 0.25) is 5.91 Å². The average molecular weight is 257 g/mol. The van der Waals surface area contributed by atoms with Crippen LogP contribution in [0.5, 0.6) is 0 Å². The minimum absolute atomic E-state index is 0.0281. The van der Waals surface area contributed by atoms with E-state index < -0.39 is 5.97 Å². The molecule has 1 fully saturated rings. The Bertz CT molecular complexity index is 283. The van der Waals surface area contributed by atoms with E-state index in [1.165, 1.54) is 0 Å². The van der Waals surface area contributed by atoms with Gasteiger partial charge in [-0.2, -0.15) is 0 Å². The molecule has 0 unspecified atom stereocenters. The maximum absolute atomic E-state index is 11.8. The molecule has 0 spiro atoms. The van der Waals surface area contributed by atoms with Gasteiger partial charge in [0.15, 0.2) is 0 Å². The van der Waals surface area contributed by atoms with Gasteiger partial charge in [-0.3, -0.25) is 9.59 Å². The summed E-state index contributed by atoms with van der Waals surface area (Å²) in [5.41, 5.74) is 0. The number of carbonyl (C=O) groups excluding carboxylic acids is 1. The minimum Gasteiger partial charge on any atom is -0.481 e. The van der Waals surface area contributed by atoms with Crippen molar-refractivity contribution in [3.63, 3.8) is 0 Å². The molecule has 0 aromatic heterocycles. The molecule has 104 valence electrons. The number of aliphatic carboxylic acids is 1. The number of amides is 1. The fourth-order valence-electron chi connectivity index (χ4n) is 2.22. The van der Waals surface area contributed by atoms with E-state index in [0.29, 0.717) is 38.8 Å². The second-order valence-corrected chi connectivity index (χ2v) is 5.10. The van der Waals surface area contributed by atoms with Gasteiger partial charge in [-0.05, 0) is 39.5 Å². The quantitative estimate of drug-likeness (QED) is 0.706. The van der Waals surface area contributed by atoms with E-state index in [1.807, 2.05) is 13.8 Å². The van der Waals surface area contributed by atoms with Crippen molar-refractivity contribution in [3.05, 3.63) is 0 Å². The summed E-state index contributed by atoms with van der Waals surface area (Å²) in [6, 6.07) is 0. The van der Waals surface area contributed by atoms with E-state index in [9.17, 15) is 9.59 Å². The molecule has 0 aromatic rings. The smallest absolute Gasteiger partial charge is 0.306 e. The second-order valence-electron chi connectivity index (χ2n) is 5.10. The summed E-state index contributed by atoms with van der Waals surface area (Å²) in [6.07, 6.45) is 2.74. The summed E-state index contributed by atoms with van der Waals surface area (Å²) in [5, 5.41) is 11.7. The lowest BCUT2D eigenvalue weighted by Crippen LogP contribution is -2.36. The highest BCUT2D eigenvalue weighted by molar-refractivity contribution is 5.79. The van der Waals surface area contributed by atoms with Crippen LogP contribution in [-0.4, -0.2) is 36.2 Å². The maximum atomic E-state index is 11.8. The SMILES string of the molecule is CC(C)OCCNC(=O)C1CCC(C(=O)O)CC1. The Morgan fingerprint density at radius 1 is 1.22 bits per heavy atom. The summed E-state index contributed by atoms with van der Waals surface area (Å²) < 4.78 is 5.34. The number of nitrogens with one attached hydrogen (secondary N) is 1. The first-order valence-corrected chi connectivity index (χ1v) is 6.62. The van der Waals surface area contributed by atoms with Gasteiger partial charge in [0.1, 0.15) is 0 Å². The van der Waals surface area contributed by atoms with Crippen LogP contribution in [0.1, 0.15) is 39.5 Å². The zero-order valence-corrected chi connectivity index (χ0v) is 11.1. The number of carboxylic acid groups (broad SMARTS) is 1. The number of carbonyl (C=O) groups is 2. The highest BCUT2D eigenvalue weighted by Crippen LogP contribution is 2.28. The van der Waals surface area contributed by atoms with Gasteiger partial charge in [-0.1, -0.05) is 0 Å². The zero-order chi connectivity index (χ0) is 13.5. The van der Waals surface area contributed by atoms with E-state index in [2.05, 4.69) is 5.32 Å². The lowest BCUT2D eigenvalue weighted by molar-refractivity contribution is -0.144. The van der Waals surface area contributed by atoms with Crippen LogP contribution in [-0.2, 0) is 14.3 Å². The molecule has 2 N–H and O–H groups in total. The third-order valence-electron chi connectivity index (χ3n) is 3.30. The van der Waals surface area contributed by atoms with Gasteiger partial charge in [-0.15, -0.1) is 0 Å². The van der Waals surface area contributed by atoms with Crippen molar-refractivity contribution in [1.82, 2.24) is 5.32 Å². The molecule has 18 heavy (non-hydrogen) atoms. The monoisotopic (exact) mass is 257 g/mol. The molecule has 0 bridgehead atoms. The first-order chi connectivity index (χ1) is 8.50. The zero-order valence-electron chi connectivity index (χ0n) is 11.1. The molecule has 0 saturated heterocycles. The topological polar surface area (TPSA) is 75.6 Å². The summed E-state index contributed by atoms with van der Waals surface area (Å²) in [4.78, 5) is 22.6. The van der Waals surface area contributed by atoms with Gasteiger partial charge in [0.25, 0.3) is 0 Å². The highest BCUT2D eigenvalue weighted by Gasteiger charge is 2.29. The Balaban J connectivity index is 2.18. The fourth-order valence-corrected chi connectivity index (χ4v) is 2.22. The van der Waals surface area contributed by atoms with Crippen LogP contribution in [0.3, 0.4) is 0 Å². The van der Waals surface area contributed by atoms with Crippen molar-refractivity contribution < 1.29 is 19.4 Å². The minimum atomic E-state index is -0.737. The molecule has 1 amide bonds. The number of carboxylic acids is 1. The second kappa shape index (κ2) is 7.36. The Hall–Kier alpha value is -1.10. The Kier molecular flexibility index (Phi) is 6.12. The van der Waals surface area contributed by atoms with Gasteiger partial charge in [0, 0.05) is 12.5 Å². The van der Waals surface area contributed by atoms with Gasteiger partial charge >= 0.3 is 5.97 Å². The Morgan fingerprint density at radius 3 is 2.28 bits per heavy atom. The molecule has 0 aliphatic heterocycles. The van der Waals surface area contributed by atoms with Crippen molar-refractivity contribution in [3.8, 4) is 0 Å². The van der Waals surface area contributed by atoms with E-state index in [0.717, 1.165) is 0 Å². The standard InChI is InChI=1S/C13H23NO4/c1-9(2)18-8-7-14-12(15)10-3-5-11(6-4-10)13(16)17/h9-11H,3-8H2,1-2H3,(H,14,15)(H,16,17). The van der Waals surface area contributed by atoms with Gasteiger partial charge in [-0.25, -0.2) is 0 Å². The van der Waals surface area contributed by atoms with Crippen molar-refractivity contribution in [2.45, 2.75) is 45.6 Å². The largest absolute Gasteiger partial charge is 0.481 e. The van der Waals surface area contributed by atoms with E-state index >= 15 is 0 Å². The van der Waals surface area contributed by atoms with Crippen LogP contribution < -0.4 is 5.32 Å². The van der Waals surface area contributed by atoms with Crippen molar-refractivity contribution in [1.29, 1.82) is 0 Å². The molecule has 5 nitrogen and oxygen atoms in total.